The molecule has 0 saturated carbocycles. The van der Waals surface area contributed by atoms with Gasteiger partial charge < -0.3 is 0 Å². The molecular weight excluding hydrogens is 181 g/mol. The van der Waals surface area contributed by atoms with Crippen molar-refractivity contribution < 1.29 is 0 Å². The van der Waals surface area contributed by atoms with Crippen molar-refractivity contribution in [2.75, 3.05) is 0 Å². The van der Waals surface area contributed by atoms with E-state index in [2.05, 4.69) is 18.0 Å². The summed E-state index contributed by atoms with van der Waals surface area (Å²) >= 11 is 5.84. The summed E-state index contributed by atoms with van der Waals surface area (Å²) in [4.78, 5) is 4.02. The lowest BCUT2D eigenvalue weighted by atomic mass is 10.2. The van der Waals surface area contributed by atoms with Crippen molar-refractivity contribution in [3.05, 3.63) is 23.8 Å². The number of rotatable bonds is 1. The summed E-state index contributed by atoms with van der Waals surface area (Å²) in [6.07, 6.45) is 8.72. The number of dihydropyridines is 1. The number of allylic oxidation sites excluding steroid dienone is 2. The van der Waals surface area contributed by atoms with Crippen LogP contribution in [-0.4, -0.2) is 11.7 Å². The van der Waals surface area contributed by atoms with Gasteiger partial charge in [0.15, 0.2) is 0 Å². The standard InChI is InChI=1S/C8H10ClN.ClH/c1-2-4-7-5-3-6-10-8(7)9;/h3-6,8H,2H2,1H3;1H. The van der Waals surface area contributed by atoms with E-state index in [1.807, 2.05) is 12.2 Å². The molecule has 62 valence electrons. The van der Waals surface area contributed by atoms with Crippen LogP contribution in [0, 0.1) is 0 Å². The molecule has 0 aliphatic carbocycles. The highest BCUT2D eigenvalue weighted by atomic mass is 35.5. The van der Waals surface area contributed by atoms with E-state index in [9.17, 15) is 0 Å². The molecule has 0 aromatic heterocycles. The van der Waals surface area contributed by atoms with Crippen LogP contribution in [0.4, 0.5) is 0 Å². The molecule has 0 spiro atoms. The number of nitrogens with zero attached hydrogens (tertiary/aromatic N) is 1. The molecule has 1 unspecified atom stereocenters. The van der Waals surface area contributed by atoms with Gasteiger partial charge in [-0.3, -0.25) is 4.99 Å². The normalized spacial score (nSPS) is 25.3. The van der Waals surface area contributed by atoms with Gasteiger partial charge in [0.2, 0.25) is 0 Å². The summed E-state index contributed by atoms with van der Waals surface area (Å²) in [5.74, 6) is 0. The van der Waals surface area contributed by atoms with Gasteiger partial charge >= 0.3 is 0 Å². The smallest absolute Gasteiger partial charge is 0.148 e. The first-order valence-corrected chi connectivity index (χ1v) is 3.82. The molecule has 1 rings (SSSR count). The topological polar surface area (TPSA) is 12.4 Å². The highest BCUT2D eigenvalue weighted by molar-refractivity contribution is 6.23. The van der Waals surface area contributed by atoms with Gasteiger partial charge in [0, 0.05) is 6.21 Å². The minimum atomic E-state index is -0.162. The van der Waals surface area contributed by atoms with Crippen molar-refractivity contribution in [1.29, 1.82) is 0 Å². The number of aliphatic imine (C=N–C) groups is 1. The van der Waals surface area contributed by atoms with E-state index in [-0.39, 0.29) is 17.9 Å². The Morgan fingerprint density at radius 2 is 2.45 bits per heavy atom. The largest absolute Gasteiger partial charge is 0.269 e. The van der Waals surface area contributed by atoms with E-state index < -0.39 is 0 Å². The Labute approximate surface area is 78.3 Å². The second-order valence-electron chi connectivity index (χ2n) is 2.11. The van der Waals surface area contributed by atoms with Crippen LogP contribution >= 0.6 is 24.0 Å². The number of hydrogen-bond donors (Lipinski definition) is 0. The minimum absolute atomic E-state index is 0. The zero-order chi connectivity index (χ0) is 7.40. The number of alkyl halides is 1. The van der Waals surface area contributed by atoms with Gasteiger partial charge in [-0.1, -0.05) is 30.7 Å². The van der Waals surface area contributed by atoms with E-state index in [4.69, 9.17) is 11.6 Å². The fourth-order valence-corrected chi connectivity index (χ4v) is 1.07. The highest BCUT2D eigenvalue weighted by Crippen LogP contribution is 2.15. The average molecular weight is 192 g/mol. The maximum atomic E-state index is 5.84. The summed E-state index contributed by atoms with van der Waals surface area (Å²) < 4.78 is 0. The van der Waals surface area contributed by atoms with Gasteiger partial charge in [-0.25, -0.2) is 0 Å². The predicted octanol–water partition coefficient (Wildman–Crippen LogP) is 2.95. The first kappa shape index (κ1) is 10.7. The molecule has 0 N–H and O–H groups in total. The van der Waals surface area contributed by atoms with Crippen LogP contribution in [0.5, 0.6) is 0 Å². The van der Waals surface area contributed by atoms with Crippen LogP contribution in [0.1, 0.15) is 13.3 Å². The summed E-state index contributed by atoms with van der Waals surface area (Å²) in [7, 11) is 0. The van der Waals surface area contributed by atoms with Gasteiger partial charge in [-0.2, -0.15) is 0 Å². The molecule has 3 heteroatoms. The lowest BCUT2D eigenvalue weighted by molar-refractivity contribution is 1.05. The molecule has 0 bridgehead atoms. The van der Waals surface area contributed by atoms with Crippen molar-refractivity contribution >= 4 is 30.2 Å². The van der Waals surface area contributed by atoms with Crippen LogP contribution < -0.4 is 0 Å². The molecule has 1 aliphatic heterocycles. The Hall–Kier alpha value is -0.270. The average Bonchev–Trinajstić information content (AvgIpc) is 1.94. The molecule has 0 aromatic carbocycles. The molecule has 0 radical (unpaired) electrons. The highest BCUT2D eigenvalue weighted by Gasteiger charge is 2.05. The van der Waals surface area contributed by atoms with Crippen molar-refractivity contribution in [1.82, 2.24) is 0 Å². The Bertz CT molecular complexity index is 194. The van der Waals surface area contributed by atoms with E-state index in [1.54, 1.807) is 6.21 Å². The first-order chi connectivity index (χ1) is 4.84. The third-order valence-electron chi connectivity index (χ3n) is 1.31. The zero-order valence-corrected chi connectivity index (χ0v) is 7.90. The van der Waals surface area contributed by atoms with Crippen molar-refractivity contribution in [3.8, 4) is 0 Å². The van der Waals surface area contributed by atoms with Crippen LogP contribution in [0.3, 0.4) is 0 Å². The summed E-state index contributed by atoms with van der Waals surface area (Å²) in [5, 5.41) is 0. The lowest BCUT2D eigenvalue weighted by Crippen LogP contribution is -2.00. The number of halogens is 2. The minimum Gasteiger partial charge on any atom is -0.269 e. The molecule has 1 nitrogen and oxygen atoms in total. The van der Waals surface area contributed by atoms with Crippen LogP contribution in [0.25, 0.3) is 0 Å². The third kappa shape index (κ3) is 3.08. The van der Waals surface area contributed by atoms with E-state index in [0.717, 1.165) is 12.0 Å². The SMILES string of the molecule is CCC=C1C=CC=NC1Cl.Cl. The molecule has 0 fully saturated rings. The second kappa shape index (κ2) is 5.39. The van der Waals surface area contributed by atoms with E-state index in [1.165, 1.54) is 0 Å². The van der Waals surface area contributed by atoms with Crippen molar-refractivity contribution in [2.45, 2.75) is 18.8 Å². The fraction of sp³-hybridized carbons (Fsp3) is 0.375. The Kier molecular flexibility index (Phi) is 5.26. The summed E-state index contributed by atoms with van der Waals surface area (Å²) in [5.41, 5.74) is 0.941. The Morgan fingerprint density at radius 1 is 1.73 bits per heavy atom. The van der Waals surface area contributed by atoms with Gasteiger partial charge in [0.1, 0.15) is 5.50 Å². The monoisotopic (exact) mass is 191 g/mol. The molecule has 1 aliphatic rings. The van der Waals surface area contributed by atoms with Gasteiger partial charge in [-0.05, 0) is 18.1 Å². The van der Waals surface area contributed by atoms with E-state index >= 15 is 0 Å². The van der Waals surface area contributed by atoms with Crippen molar-refractivity contribution in [2.24, 2.45) is 4.99 Å². The number of hydrogen-bond acceptors (Lipinski definition) is 1. The fourth-order valence-electron chi connectivity index (χ4n) is 0.846. The van der Waals surface area contributed by atoms with Crippen molar-refractivity contribution in [3.63, 3.8) is 0 Å². The molecule has 1 heterocycles. The van der Waals surface area contributed by atoms with E-state index in [0.29, 0.717) is 0 Å². The zero-order valence-electron chi connectivity index (χ0n) is 6.33. The molecule has 0 amide bonds. The van der Waals surface area contributed by atoms with Crippen LogP contribution in [0.2, 0.25) is 0 Å². The molecule has 11 heavy (non-hydrogen) atoms. The lowest BCUT2D eigenvalue weighted by Gasteiger charge is -2.07. The van der Waals surface area contributed by atoms with Gasteiger partial charge in [0.05, 0.1) is 0 Å². The quantitative estimate of drug-likeness (QED) is 0.447. The van der Waals surface area contributed by atoms with Gasteiger partial charge in [0.25, 0.3) is 0 Å². The Morgan fingerprint density at radius 3 is 3.00 bits per heavy atom. The molecular formula is C8H11Cl2N. The maximum absolute atomic E-state index is 5.84. The molecule has 0 saturated heterocycles. The molecule has 0 aromatic rings. The Balaban J connectivity index is 0.000001000. The second-order valence-corrected chi connectivity index (χ2v) is 2.52. The van der Waals surface area contributed by atoms with Crippen LogP contribution in [0.15, 0.2) is 28.8 Å². The molecule has 1 atom stereocenters. The predicted molar refractivity (Wildman–Crippen MR) is 52.9 cm³/mol. The summed E-state index contributed by atoms with van der Waals surface area (Å²) in [6, 6.07) is 0. The summed E-state index contributed by atoms with van der Waals surface area (Å²) in [6.45, 7) is 2.09. The van der Waals surface area contributed by atoms with Crippen LogP contribution in [-0.2, 0) is 0 Å². The maximum Gasteiger partial charge on any atom is 0.148 e. The first-order valence-electron chi connectivity index (χ1n) is 3.38. The van der Waals surface area contributed by atoms with Gasteiger partial charge in [-0.15, -0.1) is 12.4 Å². The third-order valence-corrected chi connectivity index (χ3v) is 1.67.